The number of nitrogens with two attached hydrogens (primary N) is 1. The Morgan fingerprint density at radius 2 is 2.17 bits per heavy atom. The monoisotopic (exact) mass is 315 g/mol. The van der Waals surface area contributed by atoms with E-state index < -0.39 is 11.4 Å². The fourth-order valence-corrected chi connectivity index (χ4v) is 2.39. The maximum atomic E-state index is 10.8. The van der Waals surface area contributed by atoms with Gasteiger partial charge in [0.25, 0.3) is 0 Å². The first-order valence-electron chi connectivity index (χ1n) is 5.58. The summed E-state index contributed by atoms with van der Waals surface area (Å²) in [5.41, 5.74) is 6.53. The highest BCUT2D eigenvalue weighted by molar-refractivity contribution is 9.10. The molecule has 0 fully saturated rings. The van der Waals surface area contributed by atoms with Gasteiger partial charge in [-0.05, 0) is 39.0 Å². The van der Waals surface area contributed by atoms with Crippen LogP contribution in [0.25, 0.3) is 0 Å². The maximum Gasteiger partial charge on any atom is 0.303 e. The molecule has 1 aromatic carbocycles. The molecule has 0 saturated carbocycles. The second-order valence-electron chi connectivity index (χ2n) is 4.93. The van der Waals surface area contributed by atoms with Crippen molar-refractivity contribution in [3.05, 3.63) is 28.2 Å². The molecular formula is C13H18BrNO3. The Bertz CT molecular complexity index is 446. The minimum absolute atomic E-state index is 0.0256. The summed E-state index contributed by atoms with van der Waals surface area (Å²) < 4.78 is 5.96. The third kappa shape index (κ3) is 3.46. The van der Waals surface area contributed by atoms with E-state index in [-0.39, 0.29) is 12.5 Å². The molecule has 0 amide bonds. The molecule has 1 unspecified atom stereocenters. The van der Waals surface area contributed by atoms with Crippen molar-refractivity contribution >= 4 is 21.9 Å². The fraction of sp³-hybridized carbons (Fsp3) is 0.462. The van der Waals surface area contributed by atoms with Crippen LogP contribution in [0.2, 0.25) is 0 Å². The van der Waals surface area contributed by atoms with E-state index in [0.29, 0.717) is 0 Å². The number of hydrogen-bond acceptors (Lipinski definition) is 3. The molecule has 4 nitrogen and oxygen atoms in total. The van der Waals surface area contributed by atoms with E-state index >= 15 is 0 Å². The van der Waals surface area contributed by atoms with Crippen LogP contribution in [0.3, 0.4) is 0 Å². The number of halogens is 1. The molecule has 1 atom stereocenters. The number of aliphatic carboxylic acids is 1. The average Bonchev–Trinajstić information content (AvgIpc) is 2.26. The Balaban J connectivity index is 2.99. The lowest BCUT2D eigenvalue weighted by Crippen LogP contribution is -2.31. The van der Waals surface area contributed by atoms with Crippen molar-refractivity contribution in [2.75, 3.05) is 7.11 Å². The second kappa shape index (κ2) is 5.71. The Kier molecular flexibility index (Phi) is 4.76. The molecule has 0 radical (unpaired) electrons. The minimum Gasteiger partial charge on any atom is -0.496 e. The summed E-state index contributed by atoms with van der Waals surface area (Å²) in [6, 6.07) is 5.19. The van der Waals surface area contributed by atoms with Crippen LogP contribution in [0.5, 0.6) is 5.75 Å². The van der Waals surface area contributed by atoms with Gasteiger partial charge in [0.2, 0.25) is 0 Å². The Labute approximate surface area is 115 Å². The fourth-order valence-electron chi connectivity index (χ4n) is 1.83. The molecule has 0 heterocycles. The lowest BCUT2D eigenvalue weighted by atomic mass is 9.78. The summed E-state index contributed by atoms with van der Waals surface area (Å²) >= 11 is 3.40. The van der Waals surface area contributed by atoms with E-state index in [1.54, 1.807) is 7.11 Å². The molecular weight excluding hydrogens is 298 g/mol. The zero-order chi connectivity index (χ0) is 13.9. The first-order valence-corrected chi connectivity index (χ1v) is 6.38. The van der Waals surface area contributed by atoms with Crippen LogP contribution < -0.4 is 10.5 Å². The SMILES string of the molecule is COc1ccc(C(N)C(C)(C)CC(=O)O)cc1Br. The molecule has 0 aromatic heterocycles. The van der Waals surface area contributed by atoms with Crippen molar-refractivity contribution in [1.82, 2.24) is 0 Å². The van der Waals surface area contributed by atoms with Gasteiger partial charge in [0.05, 0.1) is 18.0 Å². The second-order valence-corrected chi connectivity index (χ2v) is 5.79. The van der Waals surface area contributed by atoms with Crippen molar-refractivity contribution < 1.29 is 14.6 Å². The molecule has 0 bridgehead atoms. The highest BCUT2D eigenvalue weighted by Crippen LogP contribution is 2.37. The van der Waals surface area contributed by atoms with Gasteiger partial charge < -0.3 is 15.6 Å². The third-order valence-corrected chi connectivity index (χ3v) is 3.60. The molecule has 0 aliphatic carbocycles. The molecule has 18 heavy (non-hydrogen) atoms. The normalized spacial score (nSPS) is 13.2. The van der Waals surface area contributed by atoms with Crippen molar-refractivity contribution in [2.45, 2.75) is 26.3 Å². The quantitative estimate of drug-likeness (QED) is 0.876. The van der Waals surface area contributed by atoms with Gasteiger partial charge in [-0.15, -0.1) is 0 Å². The zero-order valence-corrected chi connectivity index (χ0v) is 12.3. The highest BCUT2D eigenvalue weighted by Gasteiger charge is 2.30. The number of rotatable bonds is 5. The Hall–Kier alpha value is -1.07. The van der Waals surface area contributed by atoms with E-state index in [0.717, 1.165) is 15.8 Å². The molecule has 0 spiro atoms. The van der Waals surface area contributed by atoms with E-state index in [1.807, 2.05) is 32.0 Å². The van der Waals surface area contributed by atoms with Crippen molar-refractivity contribution in [2.24, 2.45) is 11.1 Å². The molecule has 0 aliphatic rings. The molecule has 100 valence electrons. The summed E-state index contributed by atoms with van der Waals surface area (Å²) in [7, 11) is 1.59. The molecule has 1 aromatic rings. The molecule has 1 rings (SSSR count). The molecule has 5 heteroatoms. The predicted molar refractivity (Wildman–Crippen MR) is 73.7 cm³/mol. The van der Waals surface area contributed by atoms with Crippen molar-refractivity contribution in [3.63, 3.8) is 0 Å². The first kappa shape index (κ1) is 15.0. The van der Waals surface area contributed by atoms with Crippen LogP contribution in [0, 0.1) is 5.41 Å². The Morgan fingerprint density at radius 3 is 2.61 bits per heavy atom. The highest BCUT2D eigenvalue weighted by atomic mass is 79.9. The van der Waals surface area contributed by atoms with Crippen molar-refractivity contribution in [1.29, 1.82) is 0 Å². The number of benzene rings is 1. The van der Waals surface area contributed by atoms with Crippen LogP contribution in [0.4, 0.5) is 0 Å². The van der Waals surface area contributed by atoms with Gasteiger partial charge in [0, 0.05) is 6.04 Å². The van der Waals surface area contributed by atoms with Crippen LogP contribution in [0.15, 0.2) is 22.7 Å². The minimum atomic E-state index is -0.844. The van der Waals surface area contributed by atoms with Crippen LogP contribution in [0.1, 0.15) is 31.9 Å². The summed E-state index contributed by atoms with van der Waals surface area (Å²) in [4.78, 5) is 10.8. The number of methoxy groups -OCH3 is 1. The van der Waals surface area contributed by atoms with Gasteiger partial charge in [0.15, 0.2) is 0 Å². The largest absolute Gasteiger partial charge is 0.496 e. The number of ether oxygens (including phenoxy) is 1. The van der Waals surface area contributed by atoms with Crippen LogP contribution in [-0.4, -0.2) is 18.2 Å². The molecule has 0 aliphatic heterocycles. The van der Waals surface area contributed by atoms with E-state index in [1.165, 1.54) is 0 Å². The van der Waals surface area contributed by atoms with E-state index in [2.05, 4.69) is 15.9 Å². The summed E-state index contributed by atoms with van der Waals surface area (Å²) in [5, 5.41) is 8.90. The maximum absolute atomic E-state index is 10.8. The van der Waals surface area contributed by atoms with Crippen molar-refractivity contribution in [3.8, 4) is 5.75 Å². The molecule has 3 N–H and O–H groups in total. The number of hydrogen-bond donors (Lipinski definition) is 2. The summed E-state index contributed by atoms with van der Waals surface area (Å²) in [5.74, 6) is -0.120. The zero-order valence-electron chi connectivity index (χ0n) is 10.7. The van der Waals surface area contributed by atoms with E-state index in [9.17, 15) is 4.79 Å². The predicted octanol–water partition coefficient (Wildman–Crippen LogP) is 2.96. The van der Waals surface area contributed by atoms with Gasteiger partial charge in [-0.25, -0.2) is 0 Å². The van der Waals surface area contributed by atoms with Gasteiger partial charge in [-0.1, -0.05) is 19.9 Å². The van der Waals surface area contributed by atoms with Crippen LogP contribution in [-0.2, 0) is 4.79 Å². The topological polar surface area (TPSA) is 72.5 Å². The summed E-state index contributed by atoms with van der Waals surface area (Å²) in [6.45, 7) is 3.70. The van der Waals surface area contributed by atoms with E-state index in [4.69, 9.17) is 15.6 Å². The lowest BCUT2D eigenvalue weighted by Gasteiger charge is -2.30. The number of carboxylic acid groups (broad SMARTS) is 1. The summed E-state index contributed by atoms with van der Waals surface area (Å²) in [6.07, 6.45) is 0.0256. The van der Waals surface area contributed by atoms with Gasteiger partial charge >= 0.3 is 5.97 Å². The smallest absolute Gasteiger partial charge is 0.303 e. The third-order valence-electron chi connectivity index (χ3n) is 2.98. The lowest BCUT2D eigenvalue weighted by molar-refractivity contribution is -0.139. The van der Waals surface area contributed by atoms with Crippen LogP contribution >= 0.6 is 15.9 Å². The Morgan fingerprint density at radius 1 is 1.56 bits per heavy atom. The van der Waals surface area contributed by atoms with Gasteiger partial charge in [-0.3, -0.25) is 4.79 Å². The molecule has 0 saturated heterocycles. The van der Waals surface area contributed by atoms with Gasteiger partial charge in [0.1, 0.15) is 5.75 Å². The number of carboxylic acids is 1. The average molecular weight is 316 g/mol. The first-order chi connectivity index (χ1) is 8.27. The number of carbonyl (C=O) groups is 1. The standard InChI is InChI=1S/C13H18BrNO3/c1-13(2,7-11(16)17)12(15)8-4-5-10(18-3)9(14)6-8/h4-6,12H,7,15H2,1-3H3,(H,16,17). The van der Waals surface area contributed by atoms with Gasteiger partial charge in [-0.2, -0.15) is 0 Å².